The first kappa shape index (κ1) is 12.6. The van der Waals surface area contributed by atoms with Crippen LogP contribution in [0, 0.1) is 0 Å². The summed E-state index contributed by atoms with van der Waals surface area (Å²) in [6.45, 7) is 3.74. The summed E-state index contributed by atoms with van der Waals surface area (Å²) in [5.74, 6) is 0.471. The Morgan fingerprint density at radius 2 is 2.31 bits per heavy atom. The molecule has 2 atom stereocenters. The van der Waals surface area contributed by atoms with E-state index < -0.39 is 0 Å². The van der Waals surface area contributed by atoms with Gasteiger partial charge >= 0.3 is 0 Å². The summed E-state index contributed by atoms with van der Waals surface area (Å²) in [5, 5.41) is 16.2. The first-order chi connectivity index (χ1) is 7.59. The standard InChI is InChI=1S/C9H18N6O/c1-6(10)4-3-5-8(16)11-7(2)9-12-14-15-13-9/h6-7H,3-5,10H2,1-2H3,(H,11,16)(H,12,13,14,15). The van der Waals surface area contributed by atoms with Gasteiger partial charge in [-0.1, -0.05) is 5.21 Å². The second kappa shape index (κ2) is 6.16. The minimum absolute atomic E-state index is 0.0158. The van der Waals surface area contributed by atoms with Gasteiger partial charge in [-0.15, -0.1) is 10.2 Å². The molecule has 1 amide bonds. The van der Waals surface area contributed by atoms with E-state index in [-0.39, 0.29) is 18.0 Å². The summed E-state index contributed by atoms with van der Waals surface area (Å²) in [6, 6.07) is -0.0796. The molecule has 0 bridgehead atoms. The average Bonchev–Trinajstić information content (AvgIpc) is 2.69. The fourth-order valence-electron chi connectivity index (χ4n) is 1.32. The molecule has 1 aromatic heterocycles. The molecule has 0 spiro atoms. The molecule has 0 fully saturated rings. The maximum atomic E-state index is 11.5. The van der Waals surface area contributed by atoms with Gasteiger partial charge in [-0.25, -0.2) is 0 Å². The van der Waals surface area contributed by atoms with Crippen molar-refractivity contribution >= 4 is 5.91 Å². The van der Waals surface area contributed by atoms with Gasteiger partial charge in [0.05, 0.1) is 6.04 Å². The van der Waals surface area contributed by atoms with Crippen molar-refractivity contribution in [1.29, 1.82) is 0 Å². The molecule has 16 heavy (non-hydrogen) atoms. The van der Waals surface area contributed by atoms with E-state index in [2.05, 4.69) is 25.9 Å². The number of carbonyl (C=O) groups excluding carboxylic acids is 1. The number of nitrogens with zero attached hydrogens (tertiary/aromatic N) is 3. The molecule has 2 unspecified atom stereocenters. The highest BCUT2D eigenvalue weighted by atomic mass is 16.1. The van der Waals surface area contributed by atoms with Crippen molar-refractivity contribution in [1.82, 2.24) is 25.9 Å². The number of nitrogens with one attached hydrogen (secondary N) is 2. The van der Waals surface area contributed by atoms with Crippen LogP contribution in [0.15, 0.2) is 0 Å². The van der Waals surface area contributed by atoms with Crippen LogP contribution < -0.4 is 11.1 Å². The molecule has 0 aliphatic carbocycles. The van der Waals surface area contributed by atoms with Crippen molar-refractivity contribution < 1.29 is 4.79 Å². The van der Waals surface area contributed by atoms with Crippen molar-refractivity contribution in [3.8, 4) is 0 Å². The Morgan fingerprint density at radius 1 is 1.56 bits per heavy atom. The summed E-state index contributed by atoms with van der Waals surface area (Å²) in [4.78, 5) is 11.5. The molecule has 7 nitrogen and oxygen atoms in total. The van der Waals surface area contributed by atoms with Gasteiger partial charge in [-0.05, 0) is 26.7 Å². The summed E-state index contributed by atoms with van der Waals surface area (Å²) >= 11 is 0. The Balaban J connectivity index is 2.24. The number of nitrogens with two attached hydrogens (primary N) is 1. The van der Waals surface area contributed by atoms with Crippen LogP contribution in [0.4, 0.5) is 0 Å². The number of amides is 1. The molecule has 1 heterocycles. The van der Waals surface area contributed by atoms with Crippen molar-refractivity contribution in [2.24, 2.45) is 5.73 Å². The van der Waals surface area contributed by atoms with Gasteiger partial charge in [0.1, 0.15) is 0 Å². The number of aromatic amines is 1. The molecule has 0 aliphatic rings. The van der Waals surface area contributed by atoms with Crippen LogP contribution in [0.25, 0.3) is 0 Å². The molecule has 90 valence electrons. The van der Waals surface area contributed by atoms with Gasteiger partial charge in [-0.3, -0.25) is 4.79 Å². The predicted molar refractivity (Wildman–Crippen MR) is 58.2 cm³/mol. The van der Waals surface area contributed by atoms with Crippen LogP contribution in [-0.4, -0.2) is 32.6 Å². The number of aromatic nitrogens is 4. The maximum Gasteiger partial charge on any atom is 0.220 e. The van der Waals surface area contributed by atoms with E-state index >= 15 is 0 Å². The van der Waals surface area contributed by atoms with Crippen molar-refractivity contribution in [2.75, 3.05) is 0 Å². The van der Waals surface area contributed by atoms with E-state index in [0.717, 1.165) is 12.8 Å². The van der Waals surface area contributed by atoms with Gasteiger partial charge in [0.15, 0.2) is 5.82 Å². The normalized spacial score (nSPS) is 14.4. The number of H-pyrrole nitrogens is 1. The molecule has 0 saturated heterocycles. The molecule has 1 rings (SSSR count). The van der Waals surface area contributed by atoms with Crippen LogP contribution in [0.2, 0.25) is 0 Å². The van der Waals surface area contributed by atoms with Gasteiger partial charge in [0, 0.05) is 12.5 Å². The lowest BCUT2D eigenvalue weighted by Crippen LogP contribution is -2.27. The topological polar surface area (TPSA) is 110 Å². The zero-order valence-corrected chi connectivity index (χ0v) is 9.60. The number of hydrogen-bond donors (Lipinski definition) is 3. The zero-order valence-electron chi connectivity index (χ0n) is 9.60. The lowest BCUT2D eigenvalue weighted by molar-refractivity contribution is -0.121. The van der Waals surface area contributed by atoms with Gasteiger partial charge in [0.2, 0.25) is 5.91 Å². The highest BCUT2D eigenvalue weighted by molar-refractivity contribution is 5.76. The monoisotopic (exact) mass is 226 g/mol. The van der Waals surface area contributed by atoms with E-state index in [1.54, 1.807) is 0 Å². The number of carbonyl (C=O) groups is 1. The largest absolute Gasteiger partial charge is 0.346 e. The third-order valence-corrected chi connectivity index (χ3v) is 2.19. The molecular formula is C9H18N6O. The van der Waals surface area contributed by atoms with E-state index in [1.165, 1.54) is 0 Å². The molecular weight excluding hydrogens is 208 g/mol. The number of hydrogen-bond acceptors (Lipinski definition) is 5. The van der Waals surface area contributed by atoms with Crippen molar-refractivity contribution in [3.63, 3.8) is 0 Å². The van der Waals surface area contributed by atoms with Gasteiger partial charge < -0.3 is 11.1 Å². The Morgan fingerprint density at radius 3 is 2.88 bits per heavy atom. The van der Waals surface area contributed by atoms with E-state index in [0.29, 0.717) is 12.2 Å². The Bertz CT molecular complexity index is 310. The minimum Gasteiger partial charge on any atom is -0.346 e. The lowest BCUT2D eigenvalue weighted by atomic mass is 10.1. The maximum absolute atomic E-state index is 11.5. The highest BCUT2D eigenvalue weighted by Crippen LogP contribution is 2.05. The molecule has 0 radical (unpaired) electrons. The summed E-state index contributed by atoms with van der Waals surface area (Å²) in [5.41, 5.74) is 5.59. The molecule has 4 N–H and O–H groups in total. The van der Waals surface area contributed by atoms with Crippen LogP contribution in [0.1, 0.15) is 45.0 Å². The number of tetrazole rings is 1. The first-order valence-electron chi connectivity index (χ1n) is 5.38. The quantitative estimate of drug-likeness (QED) is 0.627. The second-order valence-electron chi connectivity index (χ2n) is 3.93. The predicted octanol–water partition coefficient (Wildman–Crippen LogP) is -0.106. The summed E-state index contributed by atoms with van der Waals surface area (Å²) in [6.07, 6.45) is 2.12. The highest BCUT2D eigenvalue weighted by Gasteiger charge is 2.12. The number of rotatable bonds is 6. The van der Waals surface area contributed by atoms with Crippen molar-refractivity contribution in [3.05, 3.63) is 5.82 Å². The Labute approximate surface area is 94.2 Å². The smallest absolute Gasteiger partial charge is 0.220 e. The van der Waals surface area contributed by atoms with Crippen molar-refractivity contribution in [2.45, 2.75) is 45.2 Å². The Kier molecular flexibility index (Phi) is 4.84. The molecule has 7 heteroatoms. The molecule has 0 aliphatic heterocycles. The van der Waals surface area contributed by atoms with E-state index in [9.17, 15) is 4.79 Å². The second-order valence-corrected chi connectivity index (χ2v) is 3.93. The Hall–Kier alpha value is -1.50. The minimum atomic E-state index is -0.221. The third kappa shape index (κ3) is 4.35. The van der Waals surface area contributed by atoms with E-state index in [1.807, 2.05) is 13.8 Å². The fourth-order valence-corrected chi connectivity index (χ4v) is 1.32. The third-order valence-electron chi connectivity index (χ3n) is 2.19. The average molecular weight is 226 g/mol. The lowest BCUT2D eigenvalue weighted by Gasteiger charge is -2.10. The molecule has 0 saturated carbocycles. The first-order valence-corrected chi connectivity index (χ1v) is 5.38. The van der Waals surface area contributed by atoms with Crippen LogP contribution in [-0.2, 0) is 4.79 Å². The molecule has 1 aromatic rings. The summed E-state index contributed by atoms with van der Waals surface area (Å²) in [7, 11) is 0. The van der Waals surface area contributed by atoms with E-state index in [4.69, 9.17) is 5.73 Å². The van der Waals surface area contributed by atoms with Crippen LogP contribution >= 0.6 is 0 Å². The van der Waals surface area contributed by atoms with Gasteiger partial charge in [0.25, 0.3) is 0 Å². The summed E-state index contributed by atoms with van der Waals surface area (Å²) < 4.78 is 0. The zero-order chi connectivity index (χ0) is 12.0. The molecule has 0 aromatic carbocycles. The van der Waals surface area contributed by atoms with Crippen LogP contribution in [0.3, 0.4) is 0 Å². The van der Waals surface area contributed by atoms with Gasteiger partial charge in [-0.2, -0.15) is 5.21 Å². The van der Waals surface area contributed by atoms with Crippen LogP contribution in [0.5, 0.6) is 0 Å². The fraction of sp³-hybridized carbons (Fsp3) is 0.778. The SMILES string of the molecule is CC(N)CCCC(=O)NC(C)c1nn[nH]n1.